The molecule has 1 N–H and O–H groups in total. The summed E-state index contributed by atoms with van der Waals surface area (Å²) in [6.07, 6.45) is 60.1. The third kappa shape index (κ3) is 47.7. The van der Waals surface area contributed by atoms with Crippen molar-refractivity contribution in [2.45, 2.75) is 180 Å². The number of hydrogen-bond acceptors (Lipinski definition) is 7. The van der Waals surface area contributed by atoms with E-state index in [1.165, 1.54) is 25.7 Å². The highest BCUT2D eigenvalue weighted by Crippen LogP contribution is 2.13. The van der Waals surface area contributed by atoms with E-state index in [1.54, 1.807) is 0 Å². The largest absolute Gasteiger partial charge is 0.477 e. The highest BCUT2D eigenvalue weighted by molar-refractivity contribution is 5.71. The monoisotopic (exact) mass is 907 g/mol. The van der Waals surface area contributed by atoms with E-state index in [-0.39, 0.29) is 38.6 Å². The Kier molecular flexibility index (Phi) is 43.6. The molecular weight excluding hydrogens is 815 g/mol. The van der Waals surface area contributed by atoms with Crippen LogP contribution in [0.15, 0.2) is 109 Å². The topological polar surface area (TPSA) is 108 Å². The number of quaternary nitrogens is 1. The predicted molar refractivity (Wildman–Crippen MR) is 271 cm³/mol. The molecule has 0 aliphatic heterocycles. The molecule has 0 saturated heterocycles. The SMILES string of the molecule is CC/C=C\C/C=C\C/C=C\C/C=C\C/C=C\CCCCCC(=O)OC(COC(=O)CCCCCCCCCC/C=C\C/C=C\C/C=C\C/C=C\CC)COC(OCC[N+](C)(C)C)C(=O)O. The van der Waals surface area contributed by atoms with Gasteiger partial charge in [0.25, 0.3) is 6.29 Å². The van der Waals surface area contributed by atoms with Crippen LogP contribution in [-0.2, 0) is 33.3 Å². The number of rotatable bonds is 44. The van der Waals surface area contributed by atoms with Crippen LogP contribution in [0.5, 0.6) is 0 Å². The first-order valence-electron chi connectivity index (χ1n) is 25.1. The van der Waals surface area contributed by atoms with Crippen LogP contribution in [0.1, 0.15) is 168 Å². The number of hydrogen-bond donors (Lipinski definition) is 1. The van der Waals surface area contributed by atoms with Crippen molar-refractivity contribution < 1.29 is 42.9 Å². The molecule has 0 radical (unpaired) electrons. The molecule has 0 fully saturated rings. The zero-order valence-corrected chi connectivity index (χ0v) is 41.6. The molecule has 0 aliphatic carbocycles. The van der Waals surface area contributed by atoms with Crippen molar-refractivity contribution in [3.8, 4) is 0 Å². The van der Waals surface area contributed by atoms with E-state index in [1.807, 2.05) is 21.1 Å². The summed E-state index contributed by atoms with van der Waals surface area (Å²) in [6, 6.07) is 0. The molecule has 2 atom stereocenters. The molecule has 0 rings (SSSR count). The van der Waals surface area contributed by atoms with Gasteiger partial charge in [0.1, 0.15) is 13.2 Å². The van der Waals surface area contributed by atoms with Crippen molar-refractivity contribution in [1.29, 1.82) is 0 Å². The molecule has 0 bridgehead atoms. The van der Waals surface area contributed by atoms with Gasteiger partial charge in [-0.05, 0) is 96.3 Å². The Morgan fingerprint density at radius 1 is 0.462 bits per heavy atom. The van der Waals surface area contributed by atoms with Crippen LogP contribution >= 0.6 is 0 Å². The Labute approximate surface area is 396 Å². The molecule has 0 aromatic carbocycles. The summed E-state index contributed by atoms with van der Waals surface area (Å²) in [5, 5.41) is 9.67. The van der Waals surface area contributed by atoms with E-state index >= 15 is 0 Å². The van der Waals surface area contributed by atoms with Crippen molar-refractivity contribution in [3.05, 3.63) is 109 Å². The number of likely N-dealkylation sites (N-methyl/N-ethyl adjacent to an activating group) is 1. The fraction of sp³-hybridized carbons (Fsp3) is 0.625. The lowest BCUT2D eigenvalue weighted by Crippen LogP contribution is -2.40. The van der Waals surface area contributed by atoms with Gasteiger partial charge in [-0.1, -0.05) is 168 Å². The quantitative estimate of drug-likeness (QED) is 0.0212. The number of carboxylic acids is 1. The molecule has 0 heterocycles. The van der Waals surface area contributed by atoms with Crippen molar-refractivity contribution in [1.82, 2.24) is 0 Å². The van der Waals surface area contributed by atoms with Crippen LogP contribution in [0, 0.1) is 0 Å². The van der Waals surface area contributed by atoms with Gasteiger partial charge in [-0.2, -0.15) is 0 Å². The molecule has 0 aromatic rings. The average Bonchev–Trinajstić information content (AvgIpc) is 3.27. The molecule has 65 heavy (non-hydrogen) atoms. The van der Waals surface area contributed by atoms with Crippen LogP contribution in [0.3, 0.4) is 0 Å². The first kappa shape index (κ1) is 60.9. The van der Waals surface area contributed by atoms with Gasteiger partial charge in [0.05, 0.1) is 34.4 Å². The van der Waals surface area contributed by atoms with E-state index in [0.717, 1.165) is 109 Å². The highest BCUT2D eigenvalue weighted by Gasteiger charge is 2.25. The maximum atomic E-state index is 12.8. The van der Waals surface area contributed by atoms with Gasteiger partial charge in [-0.25, -0.2) is 4.79 Å². The maximum absolute atomic E-state index is 12.8. The van der Waals surface area contributed by atoms with Gasteiger partial charge in [0, 0.05) is 12.8 Å². The first-order valence-corrected chi connectivity index (χ1v) is 25.1. The minimum atomic E-state index is -1.53. The molecule has 9 nitrogen and oxygen atoms in total. The van der Waals surface area contributed by atoms with Crippen molar-refractivity contribution >= 4 is 17.9 Å². The summed E-state index contributed by atoms with van der Waals surface area (Å²) >= 11 is 0. The molecule has 0 aliphatic rings. The summed E-state index contributed by atoms with van der Waals surface area (Å²) in [7, 11) is 5.93. The van der Waals surface area contributed by atoms with Crippen LogP contribution in [0.2, 0.25) is 0 Å². The normalized spacial score (nSPS) is 13.8. The average molecular weight is 907 g/mol. The number of carbonyl (C=O) groups is 3. The number of carboxylic acid groups (broad SMARTS) is 1. The van der Waals surface area contributed by atoms with E-state index in [2.05, 4.69) is 123 Å². The van der Waals surface area contributed by atoms with Gasteiger partial charge in [-0.15, -0.1) is 0 Å². The Hall–Kier alpha value is -4.05. The molecule has 0 saturated carbocycles. The number of allylic oxidation sites excluding steroid dienone is 18. The summed E-state index contributed by atoms with van der Waals surface area (Å²) in [6.45, 7) is 4.57. The van der Waals surface area contributed by atoms with Gasteiger partial charge in [0.15, 0.2) is 6.10 Å². The van der Waals surface area contributed by atoms with Crippen LogP contribution in [0.4, 0.5) is 0 Å². The number of esters is 2. The fourth-order valence-electron chi connectivity index (χ4n) is 6.20. The Bertz CT molecular complexity index is 1430. The van der Waals surface area contributed by atoms with Crippen LogP contribution in [-0.4, -0.2) is 87.4 Å². The van der Waals surface area contributed by atoms with Crippen LogP contribution < -0.4 is 0 Å². The van der Waals surface area contributed by atoms with Gasteiger partial charge >= 0.3 is 17.9 Å². The number of ether oxygens (including phenoxy) is 4. The lowest BCUT2D eigenvalue weighted by atomic mass is 10.1. The number of unbranched alkanes of at least 4 members (excludes halogenated alkanes) is 11. The molecule has 0 aromatic heterocycles. The third-order valence-corrected chi connectivity index (χ3v) is 10.0. The maximum Gasteiger partial charge on any atom is 0.361 e. The van der Waals surface area contributed by atoms with E-state index in [0.29, 0.717) is 17.4 Å². The standard InChI is InChI=1S/C56H91NO8/c1-6-8-10-12-14-16-18-20-22-24-26-27-29-30-32-34-36-38-40-42-44-46-53(58)63-50-52(51-64-56(55(60)61)62-49-48-57(3,4)5)65-54(59)47-45-43-41-39-37-35-33-31-28-25-23-21-19-17-15-13-11-9-7-2/h8-11,14-17,20-23,26-28,31,35,37,52,56H,6-7,12-13,18-19,24-25,29-30,32-34,36,38-51H2,1-5H3/p+1/b10-8-,11-9-,16-14-,17-15-,22-20-,23-21-,27-26-,31-28-,37-35-. The van der Waals surface area contributed by atoms with E-state index in [4.69, 9.17) is 18.9 Å². The fourth-order valence-corrected chi connectivity index (χ4v) is 6.20. The highest BCUT2D eigenvalue weighted by atomic mass is 16.7. The van der Waals surface area contributed by atoms with Crippen molar-refractivity contribution in [2.24, 2.45) is 0 Å². The van der Waals surface area contributed by atoms with Crippen molar-refractivity contribution in [3.63, 3.8) is 0 Å². The zero-order valence-electron chi connectivity index (χ0n) is 41.6. The van der Waals surface area contributed by atoms with Gasteiger partial charge < -0.3 is 28.5 Å². The smallest absolute Gasteiger partial charge is 0.361 e. The minimum Gasteiger partial charge on any atom is -0.477 e. The lowest BCUT2D eigenvalue weighted by molar-refractivity contribution is -0.870. The molecule has 9 heteroatoms. The Morgan fingerprint density at radius 3 is 1.25 bits per heavy atom. The molecular formula is C56H92NO8+. The summed E-state index contributed by atoms with van der Waals surface area (Å²) in [5.74, 6) is -2.08. The second kappa shape index (κ2) is 46.5. The van der Waals surface area contributed by atoms with Crippen LogP contribution in [0.25, 0.3) is 0 Å². The van der Waals surface area contributed by atoms with E-state index in [9.17, 15) is 19.5 Å². The summed E-state index contributed by atoms with van der Waals surface area (Å²) in [4.78, 5) is 37.3. The summed E-state index contributed by atoms with van der Waals surface area (Å²) < 4.78 is 22.7. The minimum absolute atomic E-state index is 0.173. The number of nitrogens with zero attached hydrogens (tertiary/aromatic N) is 1. The predicted octanol–water partition coefficient (Wildman–Crippen LogP) is 14.0. The first-order chi connectivity index (χ1) is 31.6. The zero-order chi connectivity index (χ0) is 47.7. The molecule has 0 spiro atoms. The molecule has 368 valence electrons. The van der Waals surface area contributed by atoms with E-state index < -0.39 is 24.3 Å². The lowest BCUT2D eigenvalue weighted by Gasteiger charge is -2.25. The van der Waals surface area contributed by atoms with Gasteiger partial charge in [-0.3, -0.25) is 9.59 Å². The number of aliphatic carboxylic acids is 1. The third-order valence-electron chi connectivity index (χ3n) is 10.0. The number of carbonyl (C=O) groups excluding carboxylic acids is 2. The second-order valence-corrected chi connectivity index (χ2v) is 17.4. The Morgan fingerprint density at radius 2 is 0.831 bits per heavy atom. The molecule has 2 unspecified atom stereocenters. The van der Waals surface area contributed by atoms with Gasteiger partial charge in [0.2, 0.25) is 0 Å². The Balaban J connectivity index is 4.46. The second-order valence-electron chi connectivity index (χ2n) is 17.4. The molecule has 0 amide bonds. The van der Waals surface area contributed by atoms with Crippen molar-refractivity contribution in [2.75, 3.05) is 47.5 Å². The summed E-state index contributed by atoms with van der Waals surface area (Å²) in [5.41, 5.74) is 0.